The summed E-state index contributed by atoms with van der Waals surface area (Å²) in [4.78, 5) is 0. The zero-order valence-electron chi connectivity index (χ0n) is 4.87. The molecule has 7 heavy (non-hydrogen) atoms. The number of rotatable bonds is 2. The summed E-state index contributed by atoms with van der Waals surface area (Å²) >= 11 is 5.63. The first-order valence-corrected chi connectivity index (χ1v) is 3.03. The molecule has 0 bridgehead atoms. The number of halogens is 1. The van der Waals surface area contributed by atoms with Crippen LogP contribution in [0.3, 0.4) is 0 Å². The average Bonchev–Trinajstić information content (AvgIpc) is 1.68. The van der Waals surface area contributed by atoms with Gasteiger partial charge in [0.2, 0.25) is 0 Å². The van der Waals surface area contributed by atoms with Crippen molar-refractivity contribution in [1.29, 1.82) is 0 Å². The van der Waals surface area contributed by atoms with Gasteiger partial charge < -0.3 is 0 Å². The van der Waals surface area contributed by atoms with Crippen LogP contribution in [0.4, 0.5) is 0 Å². The maximum absolute atomic E-state index is 5.63. The summed E-state index contributed by atoms with van der Waals surface area (Å²) in [5.74, 6) is 0. The Hall–Kier alpha value is 0.0300. The third-order valence-corrected chi connectivity index (χ3v) is 1.18. The van der Waals surface area contributed by atoms with Crippen LogP contribution in [0.5, 0.6) is 0 Å². The lowest BCUT2D eigenvalue weighted by atomic mass is 10.3. The van der Waals surface area contributed by atoms with Crippen LogP contribution in [-0.4, -0.2) is 0 Å². The Morgan fingerprint density at radius 1 is 1.57 bits per heavy atom. The molecule has 0 aromatic carbocycles. The molecule has 0 saturated carbocycles. The fraction of sp³-hybridized carbons (Fsp3) is 0.667. The van der Waals surface area contributed by atoms with E-state index in [1.165, 1.54) is 0 Å². The van der Waals surface area contributed by atoms with Crippen LogP contribution in [0.1, 0.15) is 26.7 Å². The maximum Gasteiger partial charge on any atom is 0.0138 e. The van der Waals surface area contributed by atoms with Crippen LogP contribution in [-0.2, 0) is 0 Å². The fourth-order valence-electron chi connectivity index (χ4n) is 0.366. The minimum Gasteiger partial charge on any atom is -0.0895 e. The summed E-state index contributed by atoms with van der Waals surface area (Å²) in [5.41, 5.74) is 0. The highest BCUT2D eigenvalue weighted by atomic mass is 35.5. The third kappa shape index (κ3) is 3.87. The molecular formula is C6H11Cl. The average molecular weight is 119 g/mol. The summed E-state index contributed by atoms with van der Waals surface area (Å²) in [5, 5.41) is 0.975. The predicted molar refractivity (Wildman–Crippen MR) is 34.5 cm³/mol. The van der Waals surface area contributed by atoms with Gasteiger partial charge in [-0.2, -0.15) is 0 Å². The second kappa shape index (κ2) is 4.20. The summed E-state index contributed by atoms with van der Waals surface area (Å²) in [6.07, 6.45) is 4.05. The smallest absolute Gasteiger partial charge is 0.0138 e. The minimum atomic E-state index is 0.968. The SMILES string of the molecule is CC/C=C(/Cl)CC. The van der Waals surface area contributed by atoms with Gasteiger partial charge in [-0.05, 0) is 12.8 Å². The molecule has 0 aliphatic rings. The van der Waals surface area contributed by atoms with Crippen LogP contribution in [0.2, 0.25) is 0 Å². The van der Waals surface area contributed by atoms with Gasteiger partial charge in [-0.3, -0.25) is 0 Å². The molecule has 42 valence electrons. The first-order valence-electron chi connectivity index (χ1n) is 2.65. The Balaban J connectivity index is 3.29. The molecule has 0 saturated heterocycles. The Labute approximate surface area is 50.2 Å². The molecule has 0 N–H and O–H groups in total. The molecule has 0 aliphatic heterocycles. The summed E-state index contributed by atoms with van der Waals surface area (Å²) in [6, 6.07) is 0. The Morgan fingerprint density at radius 3 is 2.29 bits per heavy atom. The predicted octanol–water partition coefficient (Wildman–Crippen LogP) is 2.93. The van der Waals surface area contributed by atoms with E-state index >= 15 is 0 Å². The van der Waals surface area contributed by atoms with Crippen molar-refractivity contribution in [2.75, 3.05) is 0 Å². The van der Waals surface area contributed by atoms with E-state index in [1.54, 1.807) is 0 Å². The first kappa shape index (κ1) is 7.03. The molecule has 0 atom stereocenters. The molecule has 0 aromatic heterocycles. The molecule has 0 aromatic rings. The summed E-state index contributed by atoms with van der Waals surface area (Å²) in [6.45, 7) is 4.13. The topological polar surface area (TPSA) is 0 Å². The van der Waals surface area contributed by atoms with Crippen molar-refractivity contribution < 1.29 is 0 Å². The van der Waals surface area contributed by atoms with Crippen LogP contribution in [0.15, 0.2) is 11.1 Å². The molecule has 0 fully saturated rings. The molecule has 1 heteroatoms. The highest BCUT2D eigenvalue weighted by Crippen LogP contribution is 2.05. The zero-order valence-corrected chi connectivity index (χ0v) is 5.63. The van der Waals surface area contributed by atoms with Gasteiger partial charge in [0.25, 0.3) is 0 Å². The maximum atomic E-state index is 5.63. The second-order valence-electron chi connectivity index (χ2n) is 1.41. The molecule has 0 aliphatic carbocycles. The van der Waals surface area contributed by atoms with E-state index in [4.69, 9.17) is 11.6 Å². The van der Waals surface area contributed by atoms with E-state index in [-0.39, 0.29) is 0 Å². The van der Waals surface area contributed by atoms with Crippen molar-refractivity contribution in [2.45, 2.75) is 26.7 Å². The van der Waals surface area contributed by atoms with Gasteiger partial charge in [0.15, 0.2) is 0 Å². The number of hydrogen-bond donors (Lipinski definition) is 0. The van der Waals surface area contributed by atoms with Crippen molar-refractivity contribution in [1.82, 2.24) is 0 Å². The van der Waals surface area contributed by atoms with Crippen molar-refractivity contribution in [3.63, 3.8) is 0 Å². The molecule has 0 spiro atoms. The van der Waals surface area contributed by atoms with Gasteiger partial charge in [0.1, 0.15) is 0 Å². The number of allylic oxidation sites excluding steroid dienone is 2. The highest BCUT2D eigenvalue weighted by Gasteiger charge is 1.79. The lowest BCUT2D eigenvalue weighted by Gasteiger charge is -1.85. The van der Waals surface area contributed by atoms with Crippen LogP contribution in [0.25, 0.3) is 0 Å². The van der Waals surface area contributed by atoms with Gasteiger partial charge in [0.05, 0.1) is 0 Å². The minimum absolute atomic E-state index is 0.968. The largest absolute Gasteiger partial charge is 0.0895 e. The fourth-order valence-corrected chi connectivity index (χ4v) is 0.520. The lowest BCUT2D eigenvalue weighted by molar-refractivity contribution is 1.13. The molecule has 0 rings (SSSR count). The van der Waals surface area contributed by atoms with Gasteiger partial charge in [-0.25, -0.2) is 0 Å². The normalized spacial score (nSPS) is 12.1. The molecule has 0 nitrogen and oxygen atoms in total. The van der Waals surface area contributed by atoms with E-state index < -0.39 is 0 Å². The quantitative estimate of drug-likeness (QED) is 0.523. The van der Waals surface area contributed by atoms with Crippen molar-refractivity contribution >= 4 is 11.6 Å². The Morgan fingerprint density at radius 2 is 2.14 bits per heavy atom. The van der Waals surface area contributed by atoms with E-state index in [0.29, 0.717) is 0 Å². The van der Waals surface area contributed by atoms with Gasteiger partial charge in [-0.15, -0.1) is 0 Å². The van der Waals surface area contributed by atoms with Crippen molar-refractivity contribution in [2.24, 2.45) is 0 Å². The van der Waals surface area contributed by atoms with E-state index in [9.17, 15) is 0 Å². The molecule has 0 radical (unpaired) electrons. The van der Waals surface area contributed by atoms with E-state index in [0.717, 1.165) is 17.9 Å². The number of hydrogen-bond acceptors (Lipinski definition) is 0. The van der Waals surface area contributed by atoms with E-state index in [2.05, 4.69) is 13.8 Å². The molecule has 0 unspecified atom stereocenters. The first-order chi connectivity index (χ1) is 3.31. The van der Waals surface area contributed by atoms with Crippen LogP contribution >= 0.6 is 11.6 Å². The molecule has 0 heterocycles. The zero-order chi connectivity index (χ0) is 5.70. The summed E-state index contributed by atoms with van der Waals surface area (Å²) in [7, 11) is 0. The van der Waals surface area contributed by atoms with Crippen LogP contribution in [0, 0.1) is 0 Å². The van der Waals surface area contributed by atoms with Gasteiger partial charge >= 0.3 is 0 Å². The standard InChI is InChI=1S/C6H11Cl/c1-3-5-6(7)4-2/h5H,3-4H2,1-2H3/b6-5+. The third-order valence-electron chi connectivity index (χ3n) is 0.763. The van der Waals surface area contributed by atoms with Gasteiger partial charge in [-0.1, -0.05) is 31.5 Å². The molecule has 0 amide bonds. The molecular weight excluding hydrogens is 108 g/mol. The van der Waals surface area contributed by atoms with Crippen molar-refractivity contribution in [3.05, 3.63) is 11.1 Å². The summed E-state index contributed by atoms with van der Waals surface area (Å²) < 4.78 is 0. The lowest BCUT2D eigenvalue weighted by Crippen LogP contribution is -1.63. The van der Waals surface area contributed by atoms with Crippen molar-refractivity contribution in [3.8, 4) is 0 Å². The Kier molecular flexibility index (Phi) is 4.21. The highest BCUT2D eigenvalue weighted by molar-refractivity contribution is 6.29. The second-order valence-corrected chi connectivity index (χ2v) is 1.90. The Bertz CT molecular complexity index is 64.6. The van der Waals surface area contributed by atoms with E-state index in [1.807, 2.05) is 6.08 Å². The van der Waals surface area contributed by atoms with Gasteiger partial charge in [0, 0.05) is 5.03 Å². The monoisotopic (exact) mass is 118 g/mol. The van der Waals surface area contributed by atoms with Crippen LogP contribution < -0.4 is 0 Å².